The third kappa shape index (κ3) is 2.67. The molecular formula is C12H15NO4. The minimum absolute atomic E-state index is 0.105. The van der Waals surface area contributed by atoms with Crippen molar-refractivity contribution in [3.63, 3.8) is 0 Å². The van der Waals surface area contributed by atoms with Crippen LogP contribution in [0.25, 0.3) is 0 Å². The van der Waals surface area contributed by atoms with Crippen LogP contribution in [0.1, 0.15) is 25.0 Å². The smallest absolute Gasteiger partial charge is 0.326 e. The maximum absolute atomic E-state index is 11.9. The summed E-state index contributed by atoms with van der Waals surface area (Å²) in [6, 6.07) is 2.95. The summed E-state index contributed by atoms with van der Waals surface area (Å²) >= 11 is 0. The van der Waals surface area contributed by atoms with Gasteiger partial charge in [-0.1, -0.05) is 0 Å². The molecule has 17 heavy (non-hydrogen) atoms. The summed E-state index contributed by atoms with van der Waals surface area (Å²) in [6.07, 6.45) is 3.72. The molecule has 1 amide bonds. The Morgan fingerprint density at radius 3 is 3.00 bits per heavy atom. The molecule has 5 nitrogen and oxygen atoms in total. The average Bonchev–Trinajstić information content (AvgIpc) is 2.96. The molecule has 5 heteroatoms. The minimum Gasteiger partial charge on any atom is -0.480 e. The summed E-state index contributed by atoms with van der Waals surface area (Å²) in [5, 5.41) is 8.97. The molecule has 1 aliphatic rings. The zero-order valence-corrected chi connectivity index (χ0v) is 9.46. The fraction of sp³-hybridized carbons (Fsp3) is 0.500. The fourth-order valence-corrected chi connectivity index (χ4v) is 2.15. The number of amides is 1. The third-order valence-corrected chi connectivity index (χ3v) is 3.02. The molecule has 1 saturated heterocycles. The zero-order valence-electron chi connectivity index (χ0n) is 9.46. The first-order chi connectivity index (χ1) is 8.18. The van der Waals surface area contributed by atoms with Gasteiger partial charge in [0.15, 0.2) is 0 Å². The van der Waals surface area contributed by atoms with E-state index in [1.807, 2.05) is 6.07 Å². The lowest BCUT2D eigenvalue weighted by Gasteiger charge is -2.21. The van der Waals surface area contributed by atoms with E-state index in [1.54, 1.807) is 12.3 Å². The number of hydrogen-bond donors (Lipinski definition) is 1. The van der Waals surface area contributed by atoms with Gasteiger partial charge in [-0.2, -0.15) is 0 Å². The van der Waals surface area contributed by atoms with E-state index in [0.717, 1.165) is 12.2 Å². The maximum Gasteiger partial charge on any atom is 0.326 e. The van der Waals surface area contributed by atoms with Crippen LogP contribution in [0.2, 0.25) is 0 Å². The molecular weight excluding hydrogens is 222 g/mol. The zero-order chi connectivity index (χ0) is 12.3. The summed E-state index contributed by atoms with van der Waals surface area (Å²) in [5.41, 5.74) is 0. The standard InChI is InChI=1S/C12H15NO4/c14-11(6-5-9-3-2-8-17-9)13-7-1-4-10(13)12(15)16/h2-3,8,10H,1,4-7H2,(H,15,16). The molecule has 1 unspecified atom stereocenters. The van der Waals surface area contributed by atoms with Gasteiger partial charge in [0, 0.05) is 19.4 Å². The van der Waals surface area contributed by atoms with Crippen molar-refractivity contribution in [3.05, 3.63) is 24.2 Å². The number of carboxylic acid groups (broad SMARTS) is 1. The number of carboxylic acids is 1. The SMILES string of the molecule is O=C(O)C1CCCN1C(=O)CCc1ccco1. The number of aryl methyl sites for hydroxylation is 1. The van der Waals surface area contributed by atoms with Crippen LogP contribution in [-0.4, -0.2) is 34.5 Å². The Labute approximate surface area is 99.0 Å². The fourth-order valence-electron chi connectivity index (χ4n) is 2.15. The minimum atomic E-state index is -0.908. The molecule has 2 rings (SSSR count). The van der Waals surface area contributed by atoms with Crippen LogP contribution in [0.5, 0.6) is 0 Å². The van der Waals surface area contributed by atoms with Crippen molar-refractivity contribution in [1.29, 1.82) is 0 Å². The normalized spacial score (nSPS) is 19.5. The van der Waals surface area contributed by atoms with E-state index in [1.165, 1.54) is 4.90 Å². The number of furan rings is 1. The Balaban J connectivity index is 1.89. The first-order valence-corrected chi connectivity index (χ1v) is 5.73. The van der Waals surface area contributed by atoms with Gasteiger partial charge in [-0.05, 0) is 25.0 Å². The summed E-state index contributed by atoms with van der Waals surface area (Å²) < 4.78 is 5.13. The van der Waals surface area contributed by atoms with Gasteiger partial charge in [-0.25, -0.2) is 4.79 Å². The van der Waals surface area contributed by atoms with Crippen LogP contribution in [-0.2, 0) is 16.0 Å². The summed E-state index contributed by atoms with van der Waals surface area (Å²) in [4.78, 5) is 24.3. The van der Waals surface area contributed by atoms with E-state index in [0.29, 0.717) is 25.8 Å². The second kappa shape index (κ2) is 5.03. The second-order valence-corrected chi connectivity index (χ2v) is 4.16. The van der Waals surface area contributed by atoms with E-state index >= 15 is 0 Å². The molecule has 1 aromatic rings. The second-order valence-electron chi connectivity index (χ2n) is 4.16. The highest BCUT2D eigenvalue weighted by Crippen LogP contribution is 2.19. The molecule has 0 radical (unpaired) electrons. The van der Waals surface area contributed by atoms with E-state index < -0.39 is 12.0 Å². The lowest BCUT2D eigenvalue weighted by molar-refractivity contribution is -0.148. The number of aliphatic carboxylic acids is 1. The molecule has 92 valence electrons. The van der Waals surface area contributed by atoms with Crippen LogP contribution in [0, 0.1) is 0 Å². The number of hydrogen-bond acceptors (Lipinski definition) is 3. The highest BCUT2D eigenvalue weighted by atomic mass is 16.4. The third-order valence-electron chi connectivity index (χ3n) is 3.02. The average molecular weight is 237 g/mol. The number of nitrogens with zero attached hydrogens (tertiary/aromatic N) is 1. The summed E-state index contributed by atoms with van der Waals surface area (Å²) in [7, 11) is 0. The molecule has 1 fully saturated rings. The predicted molar refractivity (Wildman–Crippen MR) is 59.4 cm³/mol. The van der Waals surface area contributed by atoms with Crippen LogP contribution in [0.3, 0.4) is 0 Å². The van der Waals surface area contributed by atoms with Gasteiger partial charge in [-0.3, -0.25) is 4.79 Å². The first-order valence-electron chi connectivity index (χ1n) is 5.73. The number of rotatable bonds is 4. The predicted octanol–water partition coefficient (Wildman–Crippen LogP) is 1.29. The molecule has 0 aliphatic carbocycles. The molecule has 1 N–H and O–H groups in total. The van der Waals surface area contributed by atoms with Gasteiger partial charge in [0.25, 0.3) is 0 Å². The van der Waals surface area contributed by atoms with Crippen molar-refractivity contribution in [2.75, 3.05) is 6.54 Å². The monoisotopic (exact) mass is 237 g/mol. The molecule has 1 atom stereocenters. The van der Waals surface area contributed by atoms with Crippen LogP contribution in [0.4, 0.5) is 0 Å². The molecule has 0 saturated carbocycles. The van der Waals surface area contributed by atoms with Gasteiger partial charge in [-0.15, -0.1) is 0 Å². The Bertz CT molecular complexity index is 399. The van der Waals surface area contributed by atoms with Gasteiger partial charge < -0.3 is 14.4 Å². The molecule has 1 aromatic heterocycles. The largest absolute Gasteiger partial charge is 0.480 e. The summed E-state index contributed by atoms with van der Waals surface area (Å²) in [6.45, 7) is 0.550. The number of likely N-dealkylation sites (tertiary alicyclic amines) is 1. The Morgan fingerprint density at radius 2 is 2.35 bits per heavy atom. The molecule has 2 heterocycles. The lowest BCUT2D eigenvalue weighted by Crippen LogP contribution is -2.40. The Kier molecular flexibility index (Phi) is 3.46. The van der Waals surface area contributed by atoms with E-state index in [-0.39, 0.29) is 5.91 Å². The van der Waals surface area contributed by atoms with Crippen molar-refractivity contribution in [2.24, 2.45) is 0 Å². The lowest BCUT2D eigenvalue weighted by atomic mass is 10.2. The van der Waals surface area contributed by atoms with E-state index in [9.17, 15) is 9.59 Å². The highest BCUT2D eigenvalue weighted by Gasteiger charge is 2.33. The number of carbonyl (C=O) groups is 2. The molecule has 0 aromatic carbocycles. The van der Waals surface area contributed by atoms with Crippen molar-refractivity contribution in [1.82, 2.24) is 4.90 Å². The topological polar surface area (TPSA) is 70.8 Å². The van der Waals surface area contributed by atoms with Gasteiger partial charge in [0.05, 0.1) is 6.26 Å². The maximum atomic E-state index is 11.9. The van der Waals surface area contributed by atoms with Gasteiger partial charge in [0.2, 0.25) is 5.91 Å². The van der Waals surface area contributed by atoms with Crippen LogP contribution in [0.15, 0.2) is 22.8 Å². The van der Waals surface area contributed by atoms with Crippen molar-refractivity contribution in [2.45, 2.75) is 31.7 Å². The van der Waals surface area contributed by atoms with Gasteiger partial charge in [0.1, 0.15) is 11.8 Å². The van der Waals surface area contributed by atoms with Crippen LogP contribution >= 0.6 is 0 Å². The Hall–Kier alpha value is -1.78. The highest BCUT2D eigenvalue weighted by molar-refractivity contribution is 5.84. The van der Waals surface area contributed by atoms with Crippen molar-refractivity contribution in [3.8, 4) is 0 Å². The summed E-state index contributed by atoms with van der Waals surface area (Å²) in [5.74, 6) is -0.260. The van der Waals surface area contributed by atoms with Gasteiger partial charge >= 0.3 is 5.97 Å². The molecule has 0 bridgehead atoms. The first kappa shape index (κ1) is 11.7. The molecule has 1 aliphatic heterocycles. The van der Waals surface area contributed by atoms with E-state index in [2.05, 4.69) is 0 Å². The van der Waals surface area contributed by atoms with Crippen molar-refractivity contribution < 1.29 is 19.1 Å². The quantitative estimate of drug-likeness (QED) is 0.856. The Morgan fingerprint density at radius 1 is 1.53 bits per heavy atom. The molecule has 0 spiro atoms. The van der Waals surface area contributed by atoms with Crippen LogP contribution < -0.4 is 0 Å². The van der Waals surface area contributed by atoms with E-state index in [4.69, 9.17) is 9.52 Å². The number of carbonyl (C=O) groups excluding carboxylic acids is 1. The van der Waals surface area contributed by atoms with Crippen molar-refractivity contribution >= 4 is 11.9 Å².